The fourth-order valence-electron chi connectivity index (χ4n) is 2.22. The molecule has 0 saturated carbocycles. The number of rotatable bonds is 3. The quantitative estimate of drug-likeness (QED) is 0.719. The number of hydrogen-bond acceptors (Lipinski definition) is 1. The highest BCUT2D eigenvalue weighted by atomic mass is 79.9. The summed E-state index contributed by atoms with van der Waals surface area (Å²) in [6.45, 7) is 0.246. The lowest BCUT2D eigenvalue weighted by atomic mass is 10.2. The molecule has 3 rings (SSSR count). The number of aromatic nitrogens is 1. The molecular weight excluding hydrogens is 352 g/mol. The van der Waals surface area contributed by atoms with E-state index in [0.717, 1.165) is 21.1 Å². The first-order valence-electron chi connectivity index (χ1n) is 6.42. The van der Waals surface area contributed by atoms with Crippen LogP contribution in [0.3, 0.4) is 0 Å². The molecule has 0 aliphatic heterocycles. The minimum absolute atomic E-state index is 0.0782. The molecule has 0 fully saturated rings. The van der Waals surface area contributed by atoms with Gasteiger partial charge in [-0.3, -0.25) is 4.79 Å². The topological polar surface area (TPSA) is 34.0 Å². The van der Waals surface area contributed by atoms with Crippen LogP contribution in [0.5, 0.6) is 0 Å². The number of hydrogen-bond donors (Lipinski definition) is 1. The molecule has 21 heavy (non-hydrogen) atoms. The molecule has 0 atom stereocenters. The molecule has 0 aliphatic rings. The Morgan fingerprint density at radius 1 is 1.19 bits per heavy atom. The van der Waals surface area contributed by atoms with Gasteiger partial charge in [0, 0.05) is 26.9 Å². The van der Waals surface area contributed by atoms with Gasteiger partial charge in [0.25, 0.3) is 0 Å². The monoisotopic (exact) mass is 362 g/mol. The number of amides is 1. The molecule has 3 aromatic rings. The molecule has 1 heterocycles. The molecule has 1 amide bonds. The van der Waals surface area contributed by atoms with Crippen molar-refractivity contribution in [3.05, 3.63) is 64.2 Å². The van der Waals surface area contributed by atoms with Crippen molar-refractivity contribution in [2.45, 2.75) is 6.54 Å². The van der Waals surface area contributed by atoms with Crippen molar-refractivity contribution in [2.75, 3.05) is 5.32 Å². The van der Waals surface area contributed by atoms with Crippen LogP contribution in [0.1, 0.15) is 0 Å². The second-order valence-electron chi connectivity index (χ2n) is 4.71. The minimum atomic E-state index is -0.0782. The average Bonchev–Trinajstić information content (AvgIpc) is 2.81. The van der Waals surface area contributed by atoms with Crippen molar-refractivity contribution < 1.29 is 4.79 Å². The third-order valence-electron chi connectivity index (χ3n) is 3.16. The van der Waals surface area contributed by atoms with Gasteiger partial charge in [-0.1, -0.05) is 39.7 Å². The summed E-state index contributed by atoms with van der Waals surface area (Å²) >= 11 is 9.39. The molecule has 0 bridgehead atoms. The summed E-state index contributed by atoms with van der Waals surface area (Å²) in [5.74, 6) is -0.0782. The summed E-state index contributed by atoms with van der Waals surface area (Å²) in [7, 11) is 0. The van der Waals surface area contributed by atoms with Gasteiger partial charge in [-0.25, -0.2) is 0 Å². The van der Waals surface area contributed by atoms with Crippen LogP contribution < -0.4 is 5.32 Å². The Balaban J connectivity index is 1.79. The normalized spacial score (nSPS) is 10.8. The lowest BCUT2D eigenvalue weighted by molar-refractivity contribution is -0.116. The summed E-state index contributed by atoms with van der Waals surface area (Å²) in [6.07, 6.45) is 1.89. The fraction of sp³-hybridized carbons (Fsp3) is 0.0625. The summed E-state index contributed by atoms with van der Waals surface area (Å²) in [6, 6.07) is 15.1. The molecule has 0 radical (unpaired) electrons. The number of nitrogens with one attached hydrogen (secondary N) is 1. The van der Waals surface area contributed by atoms with Gasteiger partial charge in [0.05, 0.1) is 0 Å². The predicted octanol–water partition coefficient (Wildman–Crippen LogP) is 4.70. The van der Waals surface area contributed by atoms with Gasteiger partial charge in [0.2, 0.25) is 5.91 Å². The Labute approximate surface area is 135 Å². The number of carbonyl (C=O) groups is 1. The molecular formula is C16H12BrClN2O. The van der Waals surface area contributed by atoms with E-state index < -0.39 is 0 Å². The van der Waals surface area contributed by atoms with Crippen molar-refractivity contribution in [3.63, 3.8) is 0 Å². The highest BCUT2D eigenvalue weighted by molar-refractivity contribution is 9.10. The standard InChI is InChI=1S/C16H12BrClN2O/c17-12-2-1-3-14(8-12)19-16(21)10-20-7-6-11-4-5-13(18)9-15(11)20/h1-9H,10H2,(H,19,21). The summed E-state index contributed by atoms with van der Waals surface area (Å²) < 4.78 is 2.81. The van der Waals surface area contributed by atoms with Gasteiger partial charge in [0.15, 0.2) is 0 Å². The van der Waals surface area contributed by atoms with E-state index >= 15 is 0 Å². The zero-order chi connectivity index (χ0) is 14.8. The maximum absolute atomic E-state index is 12.1. The molecule has 0 unspecified atom stereocenters. The van der Waals surface area contributed by atoms with Gasteiger partial charge >= 0.3 is 0 Å². The Morgan fingerprint density at radius 3 is 2.86 bits per heavy atom. The number of halogens is 2. The SMILES string of the molecule is O=C(Cn1ccc2ccc(Cl)cc21)Nc1cccc(Br)c1. The van der Waals surface area contributed by atoms with Gasteiger partial charge < -0.3 is 9.88 Å². The Hall–Kier alpha value is -1.78. The van der Waals surface area contributed by atoms with Crippen LogP contribution in [0.25, 0.3) is 10.9 Å². The van der Waals surface area contributed by atoms with Crippen LogP contribution in [-0.4, -0.2) is 10.5 Å². The second-order valence-corrected chi connectivity index (χ2v) is 6.06. The van der Waals surface area contributed by atoms with Gasteiger partial charge in [0.1, 0.15) is 6.54 Å². The molecule has 0 saturated heterocycles. The van der Waals surface area contributed by atoms with E-state index in [-0.39, 0.29) is 12.5 Å². The van der Waals surface area contributed by atoms with E-state index in [9.17, 15) is 4.79 Å². The van der Waals surface area contributed by atoms with Crippen LogP contribution in [0.15, 0.2) is 59.2 Å². The maximum Gasteiger partial charge on any atom is 0.244 e. The van der Waals surface area contributed by atoms with E-state index in [0.29, 0.717) is 5.02 Å². The molecule has 3 nitrogen and oxygen atoms in total. The number of anilines is 1. The highest BCUT2D eigenvalue weighted by Gasteiger charge is 2.07. The van der Waals surface area contributed by atoms with E-state index in [4.69, 9.17) is 11.6 Å². The molecule has 0 spiro atoms. The first-order valence-corrected chi connectivity index (χ1v) is 7.59. The third-order valence-corrected chi connectivity index (χ3v) is 3.89. The van der Waals surface area contributed by atoms with E-state index in [1.807, 2.05) is 59.3 Å². The van der Waals surface area contributed by atoms with Crippen LogP contribution in [0.2, 0.25) is 5.02 Å². The van der Waals surface area contributed by atoms with Gasteiger partial charge in [-0.15, -0.1) is 0 Å². The largest absolute Gasteiger partial charge is 0.338 e. The van der Waals surface area contributed by atoms with Crippen LogP contribution in [0, 0.1) is 0 Å². The Morgan fingerprint density at radius 2 is 2.05 bits per heavy atom. The fourth-order valence-corrected chi connectivity index (χ4v) is 2.78. The first-order chi connectivity index (χ1) is 10.1. The molecule has 1 aromatic heterocycles. The van der Waals surface area contributed by atoms with Crippen molar-refractivity contribution in [1.82, 2.24) is 4.57 Å². The number of benzene rings is 2. The number of fused-ring (bicyclic) bond motifs is 1. The molecule has 5 heteroatoms. The van der Waals surface area contributed by atoms with Crippen LogP contribution in [-0.2, 0) is 11.3 Å². The third kappa shape index (κ3) is 3.28. The Kier molecular flexibility index (Phi) is 3.99. The van der Waals surface area contributed by atoms with Crippen molar-refractivity contribution in [1.29, 1.82) is 0 Å². The Bertz CT molecular complexity index is 813. The molecule has 1 N–H and O–H groups in total. The minimum Gasteiger partial charge on any atom is -0.338 e. The predicted molar refractivity (Wildman–Crippen MR) is 89.7 cm³/mol. The average molecular weight is 364 g/mol. The lowest BCUT2D eigenvalue weighted by Gasteiger charge is -2.08. The lowest BCUT2D eigenvalue weighted by Crippen LogP contribution is -2.18. The summed E-state index contributed by atoms with van der Waals surface area (Å²) in [5.41, 5.74) is 1.72. The molecule has 0 aliphatic carbocycles. The zero-order valence-corrected chi connectivity index (χ0v) is 13.4. The number of nitrogens with zero attached hydrogens (tertiary/aromatic N) is 1. The van der Waals surface area contributed by atoms with Crippen molar-refractivity contribution >= 4 is 50.0 Å². The smallest absolute Gasteiger partial charge is 0.244 e. The number of carbonyl (C=O) groups excluding carboxylic acids is 1. The van der Waals surface area contributed by atoms with E-state index in [1.54, 1.807) is 0 Å². The first kappa shape index (κ1) is 14.2. The van der Waals surface area contributed by atoms with E-state index in [1.165, 1.54) is 0 Å². The summed E-state index contributed by atoms with van der Waals surface area (Å²) in [5, 5.41) is 4.60. The van der Waals surface area contributed by atoms with Crippen LogP contribution >= 0.6 is 27.5 Å². The van der Waals surface area contributed by atoms with Gasteiger partial charge in [-0.2, -0.15) is 0 Å². The van der Waals surface area contributed by atoms with Crippen LogP contribution in [0.4, 0.5) is 5.69 Å². The van der Waals surface area contributed by atoms with E-state index in [2.05, 4.69) is 21.2 Å². The zero-order valence-electron chi connectivity index (χ0n) is 11.0. The molecule has 2 aromatic carbocycles. The van der Waals surface area contributed by atoms with Crippen molar-refractivity contribution in [3.8, 4) is 0 Å². The van der Waals surface area contributed by atoms with Gasteiger partial charge in [-0.05, 0) is 41.8 Å². The maximum atomic E-state index is 12.1. The molecule has 106 valence electrons. The highest BCUT2D eigenvalue weighted by Crippen LogP contribution is 2.21. The summed E-state index contributed by atoms with van der Waals surface area (Å²) in [4.78, 5) is 12.1. The van der Waals surface area contributed by atoms with Crippen molar-refractivity contribution in [2.24, 2.45) is 0 Å². The second kappa shape index (κ2) is 5.92.